The maximum Gasteiger partial charge on any atom is 0.122 e. The summed E-state index contributed by atoms with van der Waals surface area (Å²) in [5, 5.41) is 3.53. The number of rotatable bonds is 2. The number of benzene rings is 1. The molecular weight excluding hydrogens is 222 g/mol. The largest absolute Gasteiger partial charge is 0.493 e. The van der Waals surface area contributed by atoms with Gasteiger partial charge in [-0.15, -0.1) is 0 Å². The summed E-state index contributed by atoms with van der Waals surface area (Å²) in [4.78, 5) is 0. The Balaban J connectivity index is 1.87. The van der Waals surface area contributed by atoms with Crippen LogP contribution in [0.15, 0.2) is 18.2 Å². The highest BCUT2D eigenvalue weighted by molar-refractivity contribution is 5.41. The lowest BCUT2D eigenvalue weighted by atomic mass is 9.86. The molecule has 1 aliphatic heterocycles. The van der Waals surface area contributed by atoms with E-state index >= 15 is 0 Å². The van der Waals surface area contributed by atoms with E-state index in [1.165, 1.54) is 43.2 Å². The predicted molar refractivity (Wildman–Crippen MR) is 74.3 cm³/mol. The first-order chi connectivity index (χ1) is 8.88. The number of hydrogen-bond donors (Lipinski definition) is 1. The summed E-state index contributed by atoms with van der Waals surface area (Å²) in [6.07, 6.45) is 7.86. The monoisotopic (exact) mass is 245 g/mol. The molecule has 1 saturated carbocycles. The second-order valence-electron chi connectivity index (χ2n) is 5.61. The Morgan fingerprint density at radius 1 is 1.17 bits per heavy atom. The Bertz CT molecular complexity index is 416. The van der Waals surface area contributed by atoms with Crippen LogP contribution in [0, 0.1) is 0 Å². The summed E-state index contributed by atoms with van der Waals surface area (Å²) in [6, 6.07) is 7.50. The van der Waals surface area contributed by atoms with E-state index in [9.17, 15) is 0 Å². The van der Waals surface area contributed by atoms with Gasteiger partial charge in [0, 0.05) is 12.5 Å². The van der Waals surface area contributed by atoms with Crippen molar-refractivity contribution in [2.24, 2.45) is 0 Å². The molecule has 2 heteroatoms. The quantitative estimate of drug-likeness (QED) is 0.808. The van der Waals surface area contributed by atoms with Gasteiger partial charge in [0.05, 0.1) is 6.61 Å². The van der Waals surface area contributed by atoms with Gasteiger partial charge in [0.2, 0.25) is 0 Å². The molecular formula is C16H23NO. The van der Waals surface area contributed by atoms with Crippen molar-refractivity contribution in [1.82, 2.24) is 5.32 Å². The van der Waals surface area contributed by atoms with Crippen LogP contribution in [0.5, 0.6) is 5.75 Å². The van der Waals surface area contributed by atoms with Crippen LogP contribution < -0.4 is 10.1 Å². The zero-order valence-corrected chi connectivity index (χ0v) is 11.2. The summed E-state index contributed by atoms with van der Waals surface area (Å²) < 4.78 is 5.60. The first-order valence-electron chi connectivity index (χ1n) is 7.31. The van der Waals surface area contributed by atoms with Gasteiger partial charge in [-0.05, 0) is 43.0 Å². The lowest BCUT2D eigenvalue weighted by Crippen LogP contribution is -2.31. The maximum absolute atomic E-state index is 5.60. The standard InChI is InChI=1S/C16H23NO/c1-17-15-6-4-2-3-5-14(15)12-7-8-16-13(11-12)9-10-18-16/h7-8,11,14-15,17H,2-6,9-10H2,1H3. The molecule has 1 N–H and O–H groups in total. The van der Waals surface area contributed by atoms with Gasteiger partial charge in [-0.3, -0.25) is 0 Å². The van der Waals surface area contributed by atoms with E-state index < -0.39 is 0 Å². The minimum Gasteiger partial charge on any atom is -0.493 e. The molecule has 2 unspecified atom stereocenters. The van der Waals surface area contributed by atoms with Crippen LogP contribution in [0.1, 0.15) is 49.1 Å². The zero-order chi connectivity index (χ0) is 12.4. The highest BCUT2D eigenvalue weighted by Gasteiger charge is 2.25. The molecule has 3 rings (SSSR count). The molecule has 98 valence electrons. The SMILES string of the molecule is CNC1CCCCCC1c1ccc2c(c1)CCO2. The number of fused-ring (bicyclic) bond motifs is 1. The molecule has 0 radical (unpaired) electrons. The van der Waals surface area contributed by atoms with E-state index in [2.05, 4.69) is 30.6 Å². The van der Waals surface area contributed by atoms with Crippen molar-refractivity contribution in [2.75, 3.05) is 13.7 Å². The predicted octanol–water partition coefficient (Wildman–Crippen LogP) is 3.26. The summed E-state index contributed by atoms with van der Waals surface area (Å²) in [7, 11) is 2.11. The van der Waals surface area contributed by atoms with Crippen molar-refractivity contribution in [3.05, 3.63) is 29.3 Å². The molecule has 0 amide bonds. The second kappa shape index (κ2) is 5.31. The van der Waals surface area contributed by atoms with Crippen LogP contribution in [0.25, 0.3) is 0 Å². The van der Waals surface area contributed by atoms with Gasteiger partial charge in [0.25, 0.3) is 0 Å². The van der Waals surface area contributed by atoms with Gasteiger partial charge < -0.3 is 10.1 Å². The van der Waals surface area contributed by atoms with Gasteiger partial charge in [-0.1, -0.05) is 31.4 Å². The van der Waals surface area contributed by atoms with Gasteiger partial charge in [0.1, 0.15) is 5.75 Å². The topological polar surface area (TPSA) is 21.3 Å². The number of ether oxygens (including phenoxy) is 1. The normalized spacial score (nSPS) is 27.4. The average molecular weight is 245 g/mol. The van der Waals surface area contributed by atoms with Gasteiger partial charge in [-0.25, -0.2) is 0 Å². The lowest BCUT2D eigenvalue weighted by molar-refractivity contribution is 0.356. The Labute approximate surface area is 110 Å². The molecule has 2 nitrogen and oxygen atoms in total. The molecule has 2 aliphatic rings. The van der Waals surface area contributed by atoms with Crippen LogP contribution in [-0.2, 0) is 6.42 Å². The van der Waals surface area contributed by atoms with Crippen LogP contribution in [-0.4, -0.2) is 19.7 Å². The summed E-state index contributed by atoms with van der Waals surface area (Å²) in [5.41, 5.74) is 2.92. The van der Waals surface area contributed by atoms with Gasteiger partial charge in [-0.2, -0.15) is 0 Å². The van der Waals surface area contributed by atoms with Crippen molar-refractivity contribution < 1.29 is 4.74 Å². The minimum absolute atomic E-state index is 0.646. The number of nitrogens with one attached hydrogen (secondary N) is 1. The molecule has 1 aromatic rings. The van der Waals surface area contributed by atoms with E-state index in [1.54, 1.807) is 0 Å². The molecule has 1 heterocycles. The van der Waals surface area contributed by atoms with Crippen LogP contribution >= 0.6 is 0 Å². The Morgan fingerprint density at radius 3 is 2.94 bits per heavy atom. The zero-order valence-electron chi connectivity index (χ0n) is 11.2. The molecule has 0 saturated heterocycles. The summed E-state index contributed by atoms with van der Waals surface area (Å²) in [5.74, 6) is 1.79. The van der Waals surface area contributed by atoms with Gasteiger partial charge >= 0.3 is 0 Å². The fraction of sp³-hybridized carbons (Fsp3) is 0.625. The van der Waals surface area contributed by atoms with Crippen molar-refractivity contribution in [3.63, 3.8) is 0 Å². The fourth-order valence-electron chi connectivity index (χ4n) is 3.49. The summed E-state index contributed by atoms with van der Waals surface area (Å²) in [6.45, 7) is 0.860. The second-order valence-corrected chi connectivity index (χ2v) is 5.61. The minimum atomic E-state index is 0.646. The average Bonchev–Trinajstić information content (AvgIpc) is 2.74. The highest BCUT2D eigenvalue weighted by atomic mass is 16.5. The third kappa shape index (κ3) is 2.26. The van der Waals surface area contributed by atoms with Crippen LogP contribution in [0.4, 0.5) is 0 Å². The Morgan fingerprint density at radius 2 is 2.06 bits per heavy atom. The van der Waals surface area contributed by atoms with Crippen molar-refractivity contribution in [3.8, 4) is 5.75 Å². The fourth-order valence-corrected chi connectivity index (χ4v) is 3.49. The molecule has 0 aromatic heterocycles. The summed E-state index contributed by atoms with van der Waals surface area (Å²) >= 11 is 0. The highest BCUT2D eigenvalue weighted by Crippen LogP contribution is 2.35. The van der Waals surface area contributed by atoms with E-state index in [0.29, 0.717) is 12.0 Å². The first-order valence-corrected chi connectivity index (χ1v) is 7.31. The van der Waals surface area contributed by atoms with E-state index in [4.69, 9.17) is 4.74 Å². The molecule has 0 spiro atoms. The van der Waals surface area contributed by atoms with E-state index in [0.717, 1.165) is 18.8 Å². The molecule has 2 atom stereocenters. The van der Waals surface area contributed by atoms with Crippen molar-refractivity contribution in [2.45, 2.75) is 50.5 Å². The van der Waals surface area contributed by atoms with E-state index in [-0.39, 0.29) is 0 Å². The number of likely N-dealkylation sites (N-methyl/N-ethyl adjacent to an activating group) is 1. The molecule has 0 bridgehead atoms. The van der Waals surface area contributed by atoms with Crippen molar-refractivity contribution in [1.29, 1.82) is 0 Å². The lowest BCUT2D eigenvalue weighted by Gasteiger charge is -2.25. The van der Waals surface area contributed by atoms with E-state index in [1.807, 2.05) is 0 Å². The Hall–Kier alpha value is -1.02. The first kappa shape index (κ1) is 12.0. The maximum atomic E-state index is 5.60. The Kier molecular flexibility index (Phi) is 3.55. The van der Waals surface area contributed by atoms with Crippen LogP contribution in [0.2, 0.25) is 0 Å². The molecule has 1 aromatic carbocycles. The van der Waals surface area contributed by atoms with Gasteiger partial charge in [0.15, 0.2) is 0 Å². The smallest absolute Gasteiger partial charge is 0.122 e. The third-order valence-corrected chi connectivity index (χ3v) is 4.53. The third-order valence-electron chi connectivity index (χ3n) is 4.53. The van der Waals surface area contributed by atoms with Crippen molar-refractivity contribution >= 4 is 0 Å². The molecule has 1 fully saturated rings. The number of hydrogen-bond acceptors (Lipinski definition) is 2. The molecule has 1 aliphatic carbocycles. The van der Waals surface area contributed by atoms with Crippen LogP contribution in [0.3, 0.4) is 0 Å². The molecule has 18 heavy (non-hydrogen) atoms.